The Morgan fingerprint density at radius 2 is 1.82 bits per heavy atom. The molecule has 3 aliphatic heterocycles. The van der Waals surface area contributed by atoms with Crippen molar-refractivity contribution in [1.82, 2.24) is 15.1 Å². The lowest BCUT2D eigenvalue weighted by Gasteiger charge is -2.27. The van der Waals surface area contributed by atoms with Gasteiger partial charge >= 0.3 is 11.8 Å². The molecular formula is C21H28N4O3. The molecule has 7 nitrogen and oxygen atoms in total. The number of hydrogen-bond donors (Lipinski definition) is 2. The van der Waals surface area contributed by atoms with Gasteiger partial charge in [-0.15, -0.1) is 0 Å². The molecule has 3 saturated heterocycles. The van der Waals surface area contributed by atoms with Crippen molar-refractivity contribution in [3.05, 3.63) is 29.3 Å². The van der Waals surface area contributed by atoms with Crippen LogP contribution >= 0.6 is 0 Å². The topological polar surface area (TPSA) is 81.8 Å². The van der Waals surface area contributed by atoms with E-state index in [0.717, 1.165) is 58.3 Å². The lowest BCUT2D eigenvalue weighted by Crippen LogP contribution is -2.47. The Labute approximate surface area is 165 Å². The number of amides is 3. The molecule has 1 aromatic rings. The maximum atomic E-state index is 12.9. The number of fused-ring (bicyclic) bond motifs is 2. The summed E-state index contributed by atoms with van der Waals surface area (Å²) in [6.07, 6.45) is 4.85. The van der Waals surface area contributed by atoms with Gasteiger partial charge < -0.3 is 20.4 Å². The normalized spacial score (nSPS) is 24.2. The first-order chi connectivity index (χ1) is 13.6. The molecule has 28 heavy (non-hydrogen) atoms. The zero-order valence-corrected chi connectivity index (χ0v) is 16.4. The van der Waals surface area contributed by atoms with Crippen molar-refractivity contribution in [1.29, 1.82) is 0 Å². The smallest absolute Gasteiger partial charge is 0.313 e. The fourth-order valence-electron chi connectivity index (χ4n) is 4.70. The minimum atomic E-state index is -0.618. The van der Waals surface area contributed by atoms with Gasteiger partial charge in [0.1, 0.15) is 0 Å². The predicted molar refractivity (Wildman–Crippen MR) is 106 cm³/mol. The second-order valence-corrected chi connectivity index (χ2v) is 8.02. The lowest BCUT2D eigenvalue weighted by molar-refractivity contribution is -0.145. The molecule has 3 heterocycles. The van der Waals surface area contributed by atoms with Crippen LogP contribution in [-0.2, 0) is 9.59 Å². The van der Waals surface area contributed by atoms with Gasteiger partial charge in [0, 0.05) is 43.0 Å². The zero-order chi connectivity index (χ0) is 19.7. The van der Waals surface area contributed by atoms with Crippen LogP contribution < -0.4 is 10.6 Å². The number of benzene rings is 1. The van der Waals surface area contributed by atoms with E-state index in [0.29, 0.717) is 16.8 Å². The molecule has 3 amide bonds. The molecule has 2 bridgehead atoms. The molecule has 0 radical (unpaired) electrons. The monoisotopic (exact) mass is 384 g/mol. The van der Waals surface area contributed by atoms with Gasteiger partial charge in [-0.05, 0) is 63.3 Å². The molecule has 2 N–H and O–H groups in total. The molecule has 2 unspecified atom stereocenters. The van der Waals surface area contributed by atoms with Crippen LogP contribution in [-0.4, -0.2) is 65.8 Å². The van der Waals surface area contributed by atoms with Crippen molar-refractivity contribution in [2.24, 2.45) is 0 Å². The molecule has 2 atom stereocenters. The number of nitrogens with zero attached hydrogens (tertiary/aromatic N) is 2. The first-order valence-electron chi connectivity index (χ1n) is 10.3. The SMILES string of the molecule is Cc1c(NC(=O)C(=O)N2C3CCNCC2CC3)cccc1C(=O)N1CCCC1. The molecule has 0 aliphatic carbocycles. The second kappa shape index (κ2) is 7.91. The van der Waals surface area contributed by atoms with Gasteiger partial charge in [-0.25, -0.2) is 0 Å². The summed E-state index contributed by atoms with van der Waals surface area (Å²) in [5.41, 5.74) is 1.83. The molecule has 0 saturated carbocycles. The van der Waals surface area contributed by atoms with E-state index in [1.807, 2.05) is 11.8 Å². The van der Waals surface area contributed by atoms with E-state index in [1.54, 1.807) is 23.1 Å². The summed E-state index contributed by atoms with van der Waals surface area (Å²) in [6.45, 7) is 5.00. The highest BCUT2D eigenvalue weighted by atomic mass is 16.2. The standard InChI is InChI=1S/C21H28N4O3/c1-14-17(20(27)24-11-2-3-12-24)5-4-6-18(14)23-19(26)21(28)25-15-7-8-16(25)13-22-10-9-15/h4-6,15-16,22H,2-3,7-13H2,1H3,(H,23,26). The molecule has 7 heteroatoms. The van der Waals surface area contributed by atoms with Crippen LogP contribution in [0.4, 0.5) is 5.69 Å². The maximum Gasteiger partial charge on any atom is 0.313 e. The predicted octanol–water partition coefficient (Wildman–Crippen LogP) is 1.52. The van der Waals surface area contributed by atoms with E-state index in [-0.39, 0.29) is 18.0 Å². The van der Waals surface area contributed by atoms with Gasteiger partial charge in [-0.1, -0.05) is 6.07 Å². The Bertz CT molecular complexity index is 774. The van der Waals surface area contributed by atoms with E-state index in [9.17, 15) is 14.4 Å². The number of anilines is 1. The number of carbonyl (C=O) groups is 3. The summed E-state index contributed by atoms with van der Waals surface area (Å²) in [6, 6.07) is 5.53. The van der Waals surface area contributed by atoms with Crippen molar-refractivity contribution >= 4 is 23.4 Å². The molecule has 1 aromatic carbocycles. The van der Waals surface area contributed by atoms with Crippen molar-refractivity contribution < 1.29 is 14.4 Å². The molecule has 150 valence electrons. The number of likely N-dealkylation sites (tertiary alicyclic amines) is 1. The Hall–Kier alpha value is -2.41. The van der Waals surface area contributed by atoms with Crippen LogP contribution in [0.1, 0.15) is 48.0 Å². The first-order valence-corrected chi connectivity index (χ1v) is 10.3. The van der Waals surface area contributed by atoms with E-state index in [1.165, 1.54) is 0 Å². The molecule has 4 rings (SSSR count). The summed E-state index contributed by atoms with van der Waals surface area (Å²) in [5, 5.41) is 6.10. The summed E-state index contributed by atoms with van der Waals surface area (Å²) < 4.78 is 0. The van der Waals surface area contributed by atoms with Crippen LogP contribution in [0.5, 0.6) is 0 Å². The largest absolute Gasteiger partial charge is 0.339 e. The van der Waals surface area contributed by atoms with E-state index in [2.05, 4.69) is 10.6 Å². The zero-order valence-electron chi connectivity index (χ0n) is 16.4. The average Bonchev–Trinajstić information content (AvgIpc) is 3.29. The van der Waals surface area contributed by atoms with Gasteiger partial charge in [0.15, 0.2) is 0 Å². The van der Waals surface area contributed by atoms with Gasteiger partial charge in [-0.2, -0.15) is 0 Å². The lowest BCUT2D eigenvalue weighted by atomic mass is 10.1. The average molecular weight is 384 g/mol. The number of rotatable bonds is 2. The third-order valence-electron chi connectivity index (χ3n) is 6.29. The van der Waals surface area contributed by atoms with Crippen LogP contribution in [0.2, 0.25) is 0 Å². The Kier molecular flexibility index (Phi) is 5.35. The summed E-state index contributed by atoms with van der Waals surface area (Å²) in [7, 11) is 0. The third-order valence-corrected chi connectivity index (χ3v) is 6.29. The number of hydrogen-bond acceptors (Lipinski definition) is 4. The van der Waals surface area contributed by atoms with Crippen molar-refractivity contribution in [3.63, 3.8) is 0 Å². The quantitative estimate of drug-likeness (QED) is 0.758. The first kappa shape index (κ1) is 18.9. The fourth-order valence-corrected chi connectivity index (χ4v) is 4.70. The van der Waals surface area contributed by atoms with E-state index < -0.39 is 11.8 Å². The Balaban J connectivity index is 1.49. The molecule has 3 fully saturated rings. The minimum absolute atomic E-state index is 0.00550. The Morgan fingerprint density at radius 1 is 1.07 bits per heavy atom. The van der Waals surface area contributed by atoms with Crippen LogP contribution in [0.15, 0.2) is 18.2 Å². The van der Waals surface area contributed by atoms with Gasteiger partial charge in [-0.3, -0.25) is 14.4 Å². The van der Waals surface area contributed by atoms with Gasteiger partial charge in [0.25, 0.3) is 5.91 Å². The van der Waals surface area contributed by atoms with Crippen LogP contribution in [0.3, 0.4) is 0 Å². The van der Waals surface area contributed by atoms with Crippen molar-refractivity contribution in [3.8, 4) is 0 Å². The van der Waals surface area contributed by atoms with Crippen molar-refractivity contribution in [2.45, 2.75) is 51.1 Å². The van der Waals surface area contributed by atoms with Crippen LogP contribution in [0.25, 0.3) is 0 Å². The molecule has 0 spiro atoms. The molecule has 0 aromatic heterocycles. The fraction of sp³-hybridized carbons (Fsp3) is 0.571. The summed E-state index contributed by atoms with van der Waals surface area (Å²) >= 11 is 0. The summed E-state index contributed by atoms with van der Waals surface area (Å²) in [5.74, 6) is -1.09. The van der Waals surface area contributed by atoms with E-state index in [4.69, 9.17) is 0 Å². The van der Waals surface area contributed by atoms with E-state index >= 15 is 0 Å². The number of nitrogens with one attached hydrogen (secondary N) is 2. The second-order valence-electron chi connectivity index (χ2n) is 8.02. The summed E-state index contributed by atoms with van der Waals surface area (Å²) in [4.78, 5) is 41.9. The highest BCUT2D eigenvalue weighted by molar-refractivity contribution is 6.39. The molecule has 3 aliphatic rings. The highest BCUT2D eigenvalue weighted by Crippen LogP contribution is 2.28. The third kappa shape index (κ3) is 3.51. The van der Waals surface area contributed by atoms with Crippen molar-refractivity contribution in [2.75, 3.05) is 31.5 Å². The van der Waals surface area contributed by atoms with Crippen LogP contribution in [0, 0.1) is 6.92 Å². The van der Waals surface area contributed by atoms with Gasteiger partial charge in [0.2, 0.25) is 0 Å². The molecular weight excluding hydrogens is 356 g/mol. The minimum Gasteiger partial charge on any atom is -0.339 e. The number of carbonyl (C=O) groups excluding carboxylic acids is 3. The Morgan fingerprint density at radius 3 is 2.61 bits per heavy atom. The highest BCUT2D eigenvalue weighted by Gasteiger charge is 2.40. The van der Waals surface area contributed by atoms with Gasteiger partial charge in [0.05, 0.1) is 0 Å². The maximum absolute atomic E-state index is 12.9.